The summed E-state index contributed by atoms with van der Waals surface area (Å²) in [6, 6.07) is -0.590. The molecule has 0 fully saturated rings. The Kier molecular flexibility index (Phi) is 203. The van der Waals surface area contributed by atoms with Crippen LogP contribution >= 0.6 is 0 Å². The fourth-order valence-corrected chi connectivity index (χ4v) is 0.712. The van der Waals surface area contributed by atoms with E-state index in [1.807, 2.05) is 13.8 Å². The molecule has 22 heavy (non-hydrogen) atoms. The largest absolute Gasteiger partial charge is 0.540 e. The van der Waals surface area contributed by atoms with E-state index in [1.54, 1.807) is 6.29 Å². The number of carboxylic acid groups (broad SMARTS) is 1. The van der Waals surface area contributed by atoms with Gasteiger partial charge in [0.15, 0.2) is 0 Å². The molecule has 0 unspecified atom stereocenters. The van der Waals surface area contributed by atoms with Crippen molar-refractivity contribution in [3.63, 3.8) is 0 Å². The van der Waals surface area contributed by atoms with E-state index in [0.717, 1.165) is 0 Å². The van der Waals surface area contributed by atoms with Crippen LogP contribution in [0.5, 0.6) is 0 Å². The van der Waals surface area contributed by atoms with E-state index in [9.17, 15) is 9.59 Å². The van der Waals surface area contributed by atoms with Gasteiger partial charge in [0.05, 0.1) is 0 Å². The SMILES string of the molecule is CC(C)N[C@H]([C-]=O)CC(=O)O.[Y].[Y].[Y].[Y].[Y].[Y].[Y].[Y].[Y].[Y].[Y]. The minimum Gasteiger partial charge on any atom is -0.540 e. The Hall–Kier alpha value is 11.2. The van der Waals surface area contributed by atoms with Crippen LogP contribution in [0, 0.1) is 0 Å². The number of hydrogen-bond acceptors (Lipinski definition) is 3. The van der Waals surface area contributed by atoms with Crippen molar-refractivity contribution in [1.82, 2.24) is 5.32 Å². The maximum Gasteiger partial charge on any atom is 0.302 e. The van der Waals surface area contributed by atoms with Gasteiger partial charge < -0.3 is 15.2 Å². The molecule has 0 aliphatic rings. The summed E-state index contributed by atoms with van der Waals surface area (Å²) in [5.41, 5.74) is 0. The van der Waals surface area contributed by atoms with Crippen LogP contribution in [-0.4, -0.2) is 29.4 Å². The van der Waals surface area contributed by atoms with E-state index in [2.05, 4.69) is 5.32 Å². The molecule has 0 spiro atoms. The van der Waals surface area contributed by atoms with Crippen molar-refractivity contribution in [2.24, 2.45) is 0 Å². The first kappa shape index (κ1) is 76.6. The summed E-state index contributed by atoms with van der Waals surface area (Å²) in [4.78, 5) is 20.3. The predicted octanol–water partition coefficient (Wildman–Crippen LogP) is -0.0901. The zero-order valence-corrected chi connectivity index (χ0v) is 44.2. The van der Waals surface area contributed by atoms with E-state index in [4.69, 9.17) is 5.11 Å². The second kappa shape index (κ2) is 58.3. The third-order valence-electron chi connectivity index (χ3n) is 1.06. The fourth-order valence-electron chi connectivity index (χ4n) is 0.712. The quantitative estimate of drug-likeness (QED) is 0.379. The van der Waals surface area contributed by atoms with Crippen LogP contribution in [-0.2, 0) is 369 Å². The van der Waals surface area contributed by atoms with E-state index in [1.165, 1.54) is 0 Å². The van der Waals surface area contributed by atoms with E-state index < -0.39 is 12.0 Å². The Labute approximate surface area is 411 Å². The molecule has 0 aromatic rings. The molecule has 0 aliphatic carbocycles. The standard InChI is InChI=1S/C7H12NO3.11Y/c1-5(2)8-6(4-9)3-7(10)11;;;;;;;;;;;/h5-6,8H,3H2,1-2H3,(H,10,11);;;;;;;;;;;/q-1;;;;;;;;;;;/t6-;;;;;;;;;;;/m0.........../s1. The van der Waals surface area contributed by atoms with Crippen LogP contribution in [0.1, 0.15) is 20.3 Å². The van der Waals surface area contributed by atoms with Gasteiger partial charge in [0.25, 0.3) is 0 Å². The van der Waals surface area contributed by atoms with Gasteiger partial charge in [-0.25, -0.2) is 6.29 Å². The Morgan fingerprint density at radius 3 is 1.27 bits per heavy atom. The summed E-state index contributed by atoms with van der Waals surface area (Å²) in [5, 5.41) is 11.1. The van der Waals surface area contributed by atoms with Gasteiger partial charge in [-0.15, -0.1) is 0 Å². The molecule has 97 valence electrons. The van der Waals surface area contributed by atoms with Gasteiger partial charge in [0, 0.05) is 366 Å². The molecule has 1 atom stereocenters. The molecule has 0 heterocycles. The van der Waals surface area contributed by atoms with Crippen molar-refractivity contribution >= 4 is 12.3 Å². The van der Waals surface area contributed by atoms with Crippen molar-refractivity contribution in [3.05, 3.63) is 0 Å². The van der Waals surface area contributed by atoms with Crippen LogP contribution in [0.2, 0.25) is 0 Å². The monoisotopic (exact) mass is 1140 g/mol. The first-order valence-electron chi connectivity index (χ1n) is 3.41. The molecular formula is C7H12NO3Y11-. The molecule has 0 saturated carbocycles. The Morgan fingerprint density at radius 2 is 1.14 bits per heavy atom. The summed E-state index contributed by atoms with van der Waals surface area (Å²) < 4.78 is 0. The van der Waals surface area contributed by atoms with E-state index in [-0.39, 0.29) is 372 Å². The van der Waals surface area contributed by atoms with Crippen molar-refractivity contribution < 1.29 is 374 Å². The zero-order valence-electron chi connectivity index (χ0n) is 13.0. The Bertz CT molecular complexity index is 167. The summed E-state index contributed by atoms with van der Waals surface area (Å²) in [6.07, 6.45) is 1.42. The van der Waals surface area contributed by atoms with Gasteiger partial charge in [0.2, 0.25) is 0 Å². The van der Waals surface area contributed by atoms with Crippen LogP contribution < -0.4 is 5.32 Å². The topological polar surface area (TPSA) is 66.4 Å². The third-order valence-corrected chi connectivity index (χ3v) is 1.06. The fraction of sp³-hybridized carbons (Fsp3) is 0.714. The van der Waals surface area contributed by atoms with Crippen LogP contribution in [0.15, 0.2) is 0 Å². The molecule has 0 bridgehead atoms. The summed E-state index contributed by atoms with van der Waals surface area (Å²) >= 11 is 0. The second-order valence-corrected chi connectivity index (χ2v) is 2.59. The molecule has 0 aliphatic heterocycles. The number of rotatable bonds is 5. The smallest absolute Gasteiger partial charge is 0.302 e. The van der Waals surface area contributed by atoms with Crippen LogP contribution in [0.3, 0.4) is 0 Å². The number of hydrogen-bond donors (Lipinski definition) is 2. The van der Waals surface area contributed by atoms with E-state index in [0.29, 0.717) is 0 Å². The molecule has 0 aromatic carbocycles. The first-order chi connectivity index (χ1) is 5.06. The van der Waals surface area contributed by atoms with Gasteiger partial charge in [-0.2, -0.15) is 0 Å². The van der Waals surface area contributed by atoms with Gasteiger partial charge >= 0.3 is 5.97 Å². The maximum atomic E-state index is 10.1. The van der Waals surface area contributed by atoms with Crippen molar-refractivity contribution in [2.75, 3.05) is 0 Å². The normalized spacial score (nSPS) is 6.50. The molecule has 4 nitrogen and oxygen atoms in total. The minimum atomic E-state index is -0.994. The van der Waals surface area contributed by atoms with Crippen molar-refractivity contribution in [3.8, 4) is 0 Å². The molecule has 0 amide bonds. The summed E-state index contributed by atoms with van der Waals surface area (Å²) in [7, 11) is 0. The van der Waals surface area contributed by atoms with E-state index >= 15 is 0 Å². The number of aliphatic carboxylic acids is 1. The van der Waals surface area contributed by atoms with Crippen molar-refractivity contribution in [2.45, 2.75) is 32.4 Å². The second-order valence-electron chi connectivity index (χ2n) is 2.59. The average Bonchev–Trinajstić information content (AvgIpc) is 1.84. The number of carbonyl (C=O) groups excluding carboxylic acids is 1. The molecule has 15 heteroatoms. The maximum absolute atomic E-state index is 10.1. The Balaban J connectivity index is -0.00000000909. The van der Waals surface area contributed by atoms with Gasteiger partial charge in [-0.05, 0) is 6.04 Å². The molecule has 2 N–H and O–H groups in total. The molecule has 11 radical (unpaired) electrons. The molecule has 0 aromatic heterocycles. The zero-order chi connectivity index (χ0) is 8.85. The summed E-state index contributed by atoms with van der Waals surface area (Å²) in [6.45, 7) is 3.68. The van der Waals surface area contributed by atoms with Crippen LogP contribution in [0.4, 0.5) is 0 Å². The van der Waals surface area contributed by atoms with Gasteiger partial charge in [-0.1, -0.05) is 19.9 Å². The summed E-state index contributed by atoms with van der Waals surface area (Å²) in [5.74, 6) is -0.994. The number of nitrogens with one attached hydrogen (secondary N) is 1. The third kappa shape index (κ3) is 63.3. The molecule has 0 rings (SSSR count). The minimum absolute atomic E-state index is 0. The van der Waals surface area contributed by atoms with Crippen LogP contribution in [0.25, 0.3) is 0 Å². The van der Waals surface area contributed by atoms with Gasteiger partial charge in [-0.3, -0.25) is 4.79 Å². The number of carbonyl (C=O) groups is 1. The number of carboxylic acids is 1. The molecule has 0 saturated heterocycles. The average molecular weight is 1140 g/mol. The first-order valence-corrected chi connectivity index (χ1v) is 3.41. The van der Waals surface area contributed by atoms with Gasteiger partial charge in [0.1, 0.15) is 0 Å². The van der Waals surface area contributed by atoms with Crippen molar-refractivity contribution in [1.29, 1.82) is 0 Å². The predicted molar refractivity (Wildman–Crippen MR) is 40.0 cm³/mol. The Morgan fingerprint density at radius 1 is 0.864 bits per heavy atom. The molecular weight excluding hydrogens is 1120 g/mol.